The first-order chi connectivity index (χ1) is 7.22. The number of rotatable bonds is 5. The molecule has 0 radical (unpaired) electrons. The van der Waals surface area contributed by atoms with Crippen molar-refractivity contribution in [2.24, 2.45) is 0 Å². The fraction of sp³-hybridized carbons (Fsp3) is 0.778. The van der Waals surface area contributed by atoms with E-state index in [0.717, 1.165) is 23.8 Å². The maximum atomic E-state index is 11.5. The monoisotopic (exact) mass is 228 g/mol. The van der Waals surface area contributed by atoms with Gasteiger partial charge >= 0.3 is 5.69 Å². The van der Waals surface area contributed by atoms with Gasteiger partial charge in [0.15, 0.2) is 5.16 Å². The highest BCUT2D eigenvalue weighted by Crippen LogP contribution is 2.35. The fourth-order valence-corrected chi connectivity index (χ4v) is 2.38. The van der Waals surface area contributed by atoms with Crippen molar-refractivity contribution < 1.29 is 0 Å². The minimum Gasteiger partial charge on any atom is -0.316 e. The molecule has 2 rings (SSSR count). The quantitative estimate of drug-likeness (QED) is 0.725. The van der Waals surface area contributed by atoms with Crippen LogP contribution in [0, 0.1) is 0 Å². The van der Waals surface area contributed by atoms with Crippen molar-refractivity contribution in [3.63, 3.8) is 0 Å². The molecule has 0 amide bonds. The van der Waals surface area contributed by atoms with Crippen LogP contribution in [-0.2, 0) is 0 Å². The second kappa shape index (κ2) is 4.40. The molecule has 1 fully saturated rings. The molecule has 0 aromatic carbocycles. The summed E-state index contributed by atoms with van der Waals surface area (Å²) in [5, 5.41) is 10.5. The third-order valence-corrected chi connectivity index (χ3v) is 3.75. The third-order valence-electron chi connectivity index (χ3n) is 2.54. The zero-order valence-corrected chi connectivity index (χ0v) is 9.80. The van der Waals surface area contributed by atoms with E-state index in [2.05, 4.69) is 22.4 Å². The molecule has 84 valence electrons. The summed E-state index contributed by atoms with van der Waals surface area (Å²) in [4.78, 5) is 11.5. The second-order valence-electron chi connectivity index (χ2n) is 3.91. The summed E-state index contributed by atoms with van der Waals surface area (Å²) < 4.78 is 1.78. The lowest BCUT2D eigenvalue weighted by atomic mass is 10.4. The van der Waals surface area contributed by atoms with Crippen molar-refractivity contribution in [2.45, 2.75) is 37.0 Å². The molecular weight excluding hydrogens is 212 g/mol. The van der Waals surface area contributed by atoms with Crippen LogP contribution in [0.2, 0.25) is 0 Å². The van der Waals surface area contributed by atoms with E-state index in [1.165, 1.54) is 0 Å². The molecule has 2 N–H and O–H groups in total. The van der Waals surface area contributed by atoms with E-state index in [1.54, 1.807) is 16.3 Å². The maximum absolute atomic E-state index is 11.5. The highest BCUT2D eigenvalue weighted by atomic mass is 32.2. The van der Waals surface area contributed by atoms with E-state index in [1.807, 2.05) is 7.05 Å². The number of aromatic amines is 1. The van der Waals surface area contributed by atoms with Crippen molar-refractivity contribution in [3.05, 3.63) is 10.5 Å². The van der Waals surface area contributed by atoms with Crippen LogP contribution in [0.25, 0.3) is 0 Å². The van der Waals surface area contributed by atoms with Gasteiger partial charge in [-0.25, -0.2) is 9.89 Å². The van der Waals surface area contributed by atoms with Crippen LogP contribution in [0.4, 0.5) is 0 Å². The molecule has 1 heterocycles. The molecule has 1 atom stereocenters. The van der Waals surface area contributed by atoms with Gasteiger partial charge in [0.1, 0.15) is 0 Å². The van der Waals surface area contributed by atoms with Gasteiger partial charge in [0.25, 0.3) is 0 Å². The molecule has 6 heteroatoms. The van der Waals surface area contributed by atoms with E-state index >= 15 is 0 Å². The van der Waals surface area contributed by atoms with Gasteiger partial charge in [-0.2, -0.15) is 0 Å². The largest absolute Gasteiger partial charge is 0.344 e. The van der Waals surface area contributed by atoms with Crippen LogP contribution in [0.3, 0.4) is 0 Å². The van der Waals surface area contributed by atoms with Crippen molar-refractivity contribution in [2.75, 3.05) is 12.8 Å². The highest BCUT2D eigenvalue weighted by molar-refractivity contribution is 7.99. The van der Waals surface area contributed by atoms with Crippen LogP contribution < -0.4 is 11.0 Å². The van der Waals surface area contributed by atoms with Gasteiger partial charge in [0.05, 0.1) is 0 Å². The molecule has 0 aliphatic heterocycles. The van der Waals surface area contributed by atoms with Crippen molar-refractivity contribution in [1.82, 2.24) is 20.1 Å². The number of hydrogen-bond acceptors (Lipinski definition) is 4. The smallest absolute Gasteiger partial charge is 0.316 e. The predicted molar refractivity (Wildman–Crippen MR) is 60.4 cm³/mol. The summed E-state index contributed by atoms with van der Waals surface area (Å²) in [6, 6.07) is 0.818. The lowest BCUT2D eigenvalue weighted by Gasteiger charge is -2.08. The van der Waals surface area contributed by atoms with E-state index in [0.29, 0.717) is 12.1 Å². The van der Waals surface area contributed by atoms with Gasteiger partial charge in [0.2, 0.25) is 0 Å². The number of nitrogens with zero attached hydrogens (tertiary/aromatic N) is 2. The van der Waals surface area contributed by atoms with Crippen LogP contribution in [0.1, 0.15) is 25.8 Å². The predicted octanol–water partition coefficient (Wildman–Crippen LogP) is 0.606. The van der Waals surface area contributed by atoms with Crippen molar-refractivity contribution >= 4 is 11.8 Å². The van der Waals surface area contributed by atoms with E-state index in [-0.39, 0.29) is 5.69 Å². The van der Waals surface area contributed by atoms with Gasteiger partial charge in [-0.15, -0.1) is 5.10 Å². The normalized spacial score (nSPS) is 18.0. The first-order valence-corrected chi connectivity index (χ1v) is 6.18. The minimum atomic E-state index is -0.0721. The molecule has 0 saturated heterocycles. The molecule has 1 aliphatic rings. The van der Waals surface area contributed by atoms with Crippen molar-refractivity contribution in [3.8, 4) is 0 Å². The van der Waals surface area contributed by atoms with Crippen LogP contribution in [0.15, 0.2) is 9.95 Å². The Morgan fingerprint density at radius 2 is 2.47 bits per heavy atom. The Hall–Kier alpha value is -0.750. The van der Waals surface area contributed by atoms with E-state index in [9.17, 15) is 4.79 Å². The summed E-state index contributed by atoms with van der Waals surface area (Å²) in [5.74, 6) is 0.924. The van der Waals surface area contributed by atoms with Crippen LogP contribution in [0.5, 0.6) is 0 Å². The highest BCUT2D eigenvalue weighted by Gasteiger charge is 2.28. The molecule has 1 aromatic rings. The Morgan fingerprint density at radius 3 is 3.07 bits per heavy atom. The summed E-state index contributed by atoms with van der Waals surface area (Å²) >= 11 is 1.63. The van der Waals surface area contributed by atoms with E-state index < -0.39 is 0 Å². The first-order valence-electron chi connectivity index (χ1n) is 5.19. The van der Waals surface area contributed by atoms with Gasteiger partial charge in [-0.3, -0.25) is 4.57 Å². The van der Waals surface area contributed by atoms with Gasteiger partial charge in [0, 0.05) is 17.8 Å². The van der Waals surface area contributed by atoms with Crippen molar-refractivity contribution in [1.29, 1.82) is 0 Å². The average Bonchev–Trinajstić information content (AvgIpc) is 3.00. The lowest BCUT2D eigenvalue weighted by Crippen LogP contribution is -2.24. The van der Waals surface area contributed by atoms with E-state index in [4.69, 9.17) is 0 Å². The zero-order chi connectivity index (χ0) is 10.8. The van der Waals surface area contributed by atoms with Crippen LogP contribution >= 0.6 is 11.8 Å². The van der Waals surface area contributed by atoms with Gasteiger partial charge in [-0.05, 0) is 26.8 Å². The zero-order valence-electron chi connectivity index (χ0n) is 8.99. The maximum Gasteiger partial charge on any atom is 0.344 e. The molecule has 0 spiro atoms. The summed E-state index contributed by atoms with van der Waals surface area (Å²) in [7, 11) is 1.93. The summed E-state index contributed by atoms with van der Waals surface area (Å²) in [5.41, 5.74) is -0.0721. The Labute approximate surface area is 92.6 Å². The Bertz CT molecular complexity index is 382. The van der Waals surface area contributed by atoms with Gasteiger partial charge in [-0.1, -0.05) is 11.8 Å². The standard InChI is InChI=1S/C9H16N4OS/c1-6(10-2)5-15-9-12-11-8(14)13(9)7-3-4-7/h6-7,10H,3-5H2,1-2H3,(H,11,14). The molecule has 5 nitrogen and oxygen atoms in total. The molecule has 1 saturated carbocycles. The Balaban J connectivity index is 2.04. The molecule has 1 aromatic heterocycles. The number of H-pyrrole nitrogens is 1. The van der Waals surface area contributed by atoms with Gasteiger partial charge < -0.3 is 5.32 Å². The molecule has 1 unspecified atom stereocenters. The summed E-state index contributed by atoms with van der Waals surface area (Å²) in [6.07, 6.45) is 2.21. The average molecular weight is 228 g/mol. The Morgan fingerprint density at radius 1 is 1.73 bits per heavy atom. The topological polar surface area (TPSA) is 62.7 Å². The number of aromatic nitrogens is 3. The first kappa shape index (κ1) is 10.8. The molecule has 1 aliphatic carbocycles. The molecule has 15 heavy (non-hydrogen) atoms. The molecular formula is C9H16N4OS. The summed E-state index contributed by atoms with van der Waals surface area (Å²) in [6.45, 7) is 2.11. The fourth-order valence-electron chi connectivity index (χ4n) is 1.33. The number of thioether (sulfide) groups is 1. The Kier molecular flexibility index (Phi) is 3.16. The number of nitrogens with one attached hydrogen (secondary N) is 2. The molecule has 0 bridgehead atoms. The lowest BCUT2D eigenvalue weighted by molar-refractivity contribution is 0.637. The third kappa shape index (κ3) is 2.43. The second-order valence-corrected chi connectivity index (χ2v) is 4.90. The van der Waals surface area contributed by atoms with Crippen LogP contribution in [-0.4, -0.2) is 33.6 Å². The minimum absolute atomic E-state index is 0.0721. The number of hydrogen-bond donors (Lipinski definition) is 2. The SMILES string of the molecule is CNC(C)CSc1n[nH]c(=O)n1C1CC1.